The summed E-state index contributed by atoms with van der Waals surface area (Å²) in [6.07, 6.45) is 0. The number of ether oxygens (including phenoxy) is 1. The van der Waals surface area contributed by atoms with Gasteiger partial charge in [0.1, 0.15) is 6.04 Å². The van der Waals surface area contributed by atoms with Gasteiger partial charge in [0.25, 0.3) is 0 Å². The summed E-state index contributed by atoms with van der Waals surface area (Å²) < 4.78 is 5.19. The summed E-state index contributed by atoms with van der Waals surface area (Å²) in [5.41, 5.74) is 1.05. The summed E-state index contributed by atoms with van der Waals surface area (Å²) >= 11 is 6.21. The first-order valence-corrected chi connectivity index (χ1v) is 7.32. The molecular weight excluding hydrogens is 276 g/mol. The van der Waals surface area contributed by atoms with Crippen LogP contribution in [0.3, 0.4) is 0 Å². The second kappa shape index (κ2) is 7.07. The van der Waals surface area contributed by atoms with Gasteiger partial charge in [-0.15, -0.1) is 0 Å². The fourth-order valence-electron chi connectivity index (χ4n) is 2.45. The average molecular weight is 297 g/mol. The van der Waals surface area contributed by atoms with Crippen LogP contribution in [0, 0.1) is 0 Å². The maximum Gasteiger partial charge on any atom is 0.324 e. The molecule has 0 radical (unpaired) electrons. The van der Waals surface area contributed by atoms with E-state index < -0.39 is 0 Å². The molecule has 0 bridgehead atoms. The molecule has 0 saturated carbocycles. The first-order valence-electron chi connectivity index (χ1n) is 6.94. The number of nitrogens with zero attached hydrogens (tertiary/aromatic N) is 2. The highest BCUT2D eigenvalue weighted by Gasteiger charge is 2.32. The summed E-state index contributed by atoms with van der Waals surface area (Å²) in [6, 6.07) is 7.55. The Kier molecular flexibility index (Phi) is 5.40. The second-order valence-electron chi connectivity index (χ2n) is 5.09. The van der Waals surface area contributed by atoms with Crippen LogP contribution in [0.4, 0.5) is 0 Å². The van der Waals surface area contributed by atoms with Crippen molar-refractivity contribution in [3.63, 3.8) is 0 Å². The fourth-order valence-corrected chi connectivity index (χ4v) is 2.65. The van der Waals surface area contributed by atoms with Crippen LogP contribution in [0.25, 0.3) is 0 Å². The normalized spacial score (nSPS) is 20.9. The molecule has 1 heterocycles. The molecule has 1 aromatic carbocycles. The van der Waals surface area contributed by atoms with Crippen LogP contribution in [0.2, 0.25) is 5.02 Å². The minimum absolute atomic E-state index is 0.147. The Morgan fingerprint density at radius 1 is 1.40 bits per heavy atom. The van der Waals surface area contributed by atoms with E-state index >= 15 is 0 Å². The zero-order valence-electron chi connectivity index (χ0n) is 12.0. The van der Waals surface area contributed by atoms with Gasteiger partial charge in [0.15, 0.2) is 0 Å². The molecule has 1 aliphatic rings. The van der Waals surface area contributed by atoms with Gasteiger partial charge in [0, 0.05) is 31.2 Å². The highest BCUT2D eigenvalue weighted by Crippen LogP contribution is 2.20. The Morgan fingerprint density at radius 3 is 2.85 bits per heavy atom. The quantitative estimate of drug-likeness (QED) is 0.796. The number of hydrogen-bond acceptors (Lipinski definition) is 4. The van der Waals surface area contributed by atoms with Gasteiger partial charge in [0.05, 0.1) is 6.61 Å². The molecule has 20 heavy (non-hydrogen) atoms. The minimum atomic E-state index is -0.218. The molecule has 0 aromatic heterocycles. The van der Waals surface area contributed by atoms with Crippen molar-refractivity contribution in [2.24, 2.45) is 0 Å². The van der Waals surface area contributed by atoms with Crippen molar-refractivity contribution in [2.45, 2.75) is 19.5 Å². The third-order valence-electron chi connectivity index (χ3n) is 3.58. The lowest BCUT2D eigenvalue weighted by atomic mass is 10.1. The average Bonchev–Trinajstić information content (AvgIpc) is 2.43. The van der Waals surface area contributed by atoms with Crippen LogP contribution >= 0.6 is 11.6 Å². The molecule has 1 atom stereocenters. The number of piperazine rings is 1. The molecule has 2 rings (SSSR count). The molecule has 0 aliphatic carbocycles. The Hall–Kier alpha value is -1.10. The van der Waals surface area contributed by atoms with Crippen molar-refractivity contribution < 1.29 is 9.53 Å². The molecule has 0 spiro atoms. The summed E-state index contributed by atoms with van der Waals surface area (Å²) in [5, 5.41) is 0.744. The van der Waals surface area contributed by atoms with Crippen molar-refractivity contribution in [2.75, 3.05) is 33.3 Å². The van der Waals surface area contributed by atoms with E-state index in [1.54, 1.807) is 0 Å². The number of carbonyl (C=O) groups excluding carboxylic acids is 1. The van der Waals surface area contributed by atoms with Gasteiger partial charge in [-0.2, -0.15) is 0 Å². The van der Waals surface area contributed by atoms with E-state index in [1.165, 1.54) is 0 Å². The van der Waals surface area contributed by atoms with Crippen LogP contribution in [0.5, 0.6) is 0 Å². The monoisotopic (exact) mass is 296 g/mol. The predicted molar refractivity (Wildman–Crippen MR) is 79.8 cm³/mol. The Labute approximate surface area is 125 Å². The Bertz CT molecular complexity index is 467. The third-order valence-corrected chi connectivity index (χ3v) is 3.95. The maximum atomic E-state index is 12.1. The van der Waals surface area contributed by atoms with Gasteiger partial charge >= 0.3 is 5.97 Å². The number of rotatable bonds is 4. The molecule has 5 heteroatoms. The lowest BCUT2D eigenvalue weighted by Gasteiger charge is -2.38. The topological polar surface area (TPSA) is 32.8 Å². The van der Waals surface area contributed by atoms with E-state index in [1.807, 2.05) is 38.2 Å². The van der Waals surface area contributed by atoms with Crippen LogP contribution in [-0.4, -0.2) is 55.1 Å². The number of likely N-dealkylation sites (N-methyl/N-ethyl adjacent to an activating group) is 1. The molecule has 0 amide bonds. The number of carbonyl (C=O) groups is 1. The number of esters is 1. The van der Waals surface area contributed by atoms with E-state index in [0.29, 0.717) is 19.7 Å². The van der Waals surface area contributed by atoms with Crippen LogP contribution in [-0.2, 0) is 16.1 Å². The molecule has 4 nitrogen and oxygen atoms in total. The standard InChI is InChI=1S/C15H21ClN2O2/c1-3-20-15(19)14-11-17(2)8-9-18(14)10-12-6-4-5-7-13(12)16/h4-7,14H,3,8-11H2,1-2H3. The third kappa shape index (κ3) is 3.72. The molecule has 1 saturated heterocycles. The van der Waals surface area contributed by atoms with Crippen molar-refractivity contribution in [1.29, 1.82) is 0 Å². The van der Waals surface area contributed by atoms with Gasteiger partial charge in [0.2, 0.25) is 0 Å². The molecule has 1 aromatic rings. The van der Waals surface area contributed by atoms with Crippen molar-refractivity contribution >= 4 is 17.6 Å². The summed E-state index contributed by atoms with van der Waals surface area (Å²) in [6.45, 7) is 5.41. The molecule has 1 aliphatic heterocycles. The van der Waals surface area contributed by atoms with Crippen molar-refractivity contribution in [3.8, 4) is 0 Å². The van der Waals surface area contributed by atoms with Crippen LogP contribution in [0.15, 0.2) is 24.3 Å². The van der Waals surface area contributed by atoms with Crippen molar-refractivity contribution in [3.05, 3.63) is 34.9 Å². The van der Waals surface area contributed by atoms with Crippen LogP contribution < -0.4 is 0 Å². The second-order valence-corrected chi connectivity index (χ2v) is 5.50. The number of halogens is 1. The number of benzene rings is 1. The fraction of sp³-hybridized carbons (Fsp3) is 0.533. The van der Waals surface area contributed by atoms with Crippen molar-refractivity contribution in [1.82, 2.24) is 9.80 Å². The Balaban J connectivity index is 2.11. The zero-order valence-corrected chi connectivity index (χ0v) is 12.8. The minimum Gasteiger partial charge on any atom is -0.465 e. The lowest BCUT2D eigenvalue weighted by Crippen LogP contribution is -2.55. The van der Waals surface area contributed by atoms with Gasteiger partial charge in [-0.3, -0.25) is 9.69 Å². The van der Waals surface area contributed by atoms with Gasteiger partial charge < -0.3 is 9.64 Å². The zero-order chi connectivity index (χ0) is 14.5. The molecule has 110 valence electrons. The maximum absolute atomic E-state index is 12.1. The predicted octanol–water partition coefficient (Wildman–Crippen LogP) is 2.02. The van der Waals surface area contributed by atoms with Gasteiger partial charge in [-0.1, -0.05) is 29.8 Å². The van der Waals surface area contributed by atoms with E-state index in [9.17, 15) is 4.79 Å². The highest BCUT2D eigenvalue weighted by atomic mass is 35.5. The summed E-state index contributed by atoms with van der Waals surface area (Å²) in [5.74, 6) is -0.147. The molecule has 0 N–H and O–H groups in total. The molecule has 1 fully saturated rings. The first-order chi connectivity index (χ1) is 9.61. The largest absolute Gasteiger partial charge is 0.465 e. The highest BCUT2D eigenvalue weighted by molar-refractivity contribution is 6.31. The smallest absolute Gasteiger partial charge is 0.324 e. The Morgan fingerprint density at radius 2 is 2.15 bits per heavy atom. The SMILES string of the molecule is CCOC(=O)C1CN(C)CCN1Cc1ccccc1Cl. The summed E-state index contributed by atoms with van der Waals surface area (Å²) in [7, 11) is 2.03. The van der Waals surface area contributed by atoms with Crippen LogP contribution in [0.1, 0.15) is 12.5 Å². The number of hydrogen-bond donors (Lipinski definition) is 0. The van der Waals surface area contributed by atoms with E-state index in [-0.39, 0.29) is 12.0 Å². The van der Waals surface area contributed by atoms with E-state index in [4.69, 9.17) is 16.3 Å². The lowest BCUT2D eigenvalue weighted by molar-refractivity contribution is -0.152. The van der Waals surface area contributed by atoms with Gasteiger partial charge in [-0.05, 0) is 25.6 Å². The molecule has 1 unspecified atom stereocenters. The van der Waals surface area contributed by atoms with E-state index in [2.05, 4.69) is 9.80 Å². The van der Waals surface area contributed by atoms with E-state index in [0.717, 1.165) is 23.7 Å². The summed E-state index contributed by atoms with van der Waals surface area (Å²) in [4.78, 5) is 16.4. The van der Waals surface area contributed by atoms with Gasteiger partial charge in [-0.25, -0.2) is 0 Å². The first kappa shape index (κ1) is 15.3. The molecular formula is C15H21ClN2O2.